The van der Waals surface area contributed by atoms with E-state index in [1.54, 1.807) is 24.3 Å². The predicted molar refractivity (Wildman–Crippen MR) is 97.3 cm³/mol. The molecule has 2 rings (SSSR count). The van der Waals surface area contributed by atoms with Crippen molar-refractivity contribution in [2.45, 2.75) is 70.8 Å². The second-order valence-corrected chi connectivity index (χ2v) is 6.71. The molecule has 0 aromatic heterocycles. The van der Waals surface area contributed by atoms with E-state index in [1.165, 1.54) is 25.7 Å². The zero-order valence-electron chi connectivity index (χ0n) is 14.8. The van der Waals surface area contributed by atoms with E-state index >= 15 is 0 Å². The Balaban J connectivity index is 1.90. The third kappa shape index (κ3) is 5.99. The van der Waals surface area contributed by atoms with Crippen LogP contribution in [0.1, 0.15) is 85.4 Å². The fourth-order valence-electron chi connectivity index (χ4n) is 3.17. The molecule has 4 nitrogen and oxygen atoms in total. The van der Waals surface area contributed by atoms with Gasteiger partial charge in [0.05, 0.1) is 0 Å². The van der Waals surface area contributed by atoms with E-state index in [0.29, 0.717) is 17.7 Å². The van der Waals surface area contributed by atoms with Gasteiger partial charge in [-0.1, -0.05) is 51.5 Å². The molecule has 0 atom stereocenters. The molecule has 2 N–H and O–H groups in total. The number of hydrogen-bond acceptors (Lipinski definition) is 2. The summed E-state index contributed by atoms with van der Waals surface area (Å²) in [7, 11) is 0. The van der Waals surface area contributed by atoms with Gasteiger partial charge in [0.15, 0.2) is 0 Å². The smallest absolute Gasteiger partial charge is 0.251 e. The summed E-state index contributed by atoms with van der Waals surface area (Å²) in [6.07, 6.45) is 10.3. The molecular formula is C20H30N2O2. The van der Waals surface area contributed by atoms with Crippen molar-refractivity contribution in [2.24, 2.45) is 0 Å². The summed E-state index contributed by atoms with van der Waals surface area (Å²) in [6.45, 7) is 2.82. The summed E-state index contributed by atoms with van der Waals surface area (Å²) in [6, 6.07) is 7.29. The van der Waals surface area contributed by atoms with Crippen LogP contribution in [0.5, 0.6) is 0 Å². The number of benzene rings is 1. The third-order valence-corrected chi connectivity index (χ3v) is 4.64. The first-order chi connectivity index (χ1) is 11.7. The number of carbonyl (C=O) groups is 2. The first kappa shape index (κ1) is 18.5. The molecule has 1 aromatic carbocycles. The normalized spacial score (nSPS) is 15.5. The molecule has 1 aliphatic rings. The van der Waals surface area contributed by atoms with E-state index in [9.17, 15) is 9.59 Å². The molecule has 0 aliphatic heterocycles. The number of carbonyl (C=O) groups excluding carboxylic acids is 2. The Morgan fingerprint density at radius 3 is 2.33 bits per heavy atom. The number of unbranched alkanes of at least 4 members (excludes halogenated alkanes) is 2. The monoisotopic (exact) mass is 330 g/mol. The molecule has 1 aliphatic carbocycles. The van der Waals surface area contributed by atoms with Gasteiger partial charge in [0.25, 0.3) is 11.8 Å². The number of amides is 2. The van der Waals surface area contributed by atoms with Crippen molar-refractivity contribution in [3.05, 3.63) is 35.4 Å². The van der Waals surface area contributed by atoms with E-state index < -0.39 is 0 Å². The number of nitrogens with one attached hydrogen (secondary N) is 2. The van der Waals surface area contributed by atoms with E-state index in [0.717, 1.165) is 32.1 Å². The molecule has 4 heteroatoms. The Labute approximate surface area is 145 Å². The lowest BCUT2D eigenvalue weighted by atomic mass is 10.1. The SMILES string of the molecule is CCCCCNC(=O)c1cccc(C(=O)NC2CCCCCC2)c1. The highest BCUT2D eigenvalue weighted by molar-refractivity contribution is 5.99. The molecule has 132 valence electrons. The van der Waals surface area contributed by atoms with E-state index in [1.807, 2.05) is 0 Å². The van der Waals surface area contributed by atoms with Crippen molar-refractivity contribution in [3.63, 3.8) is 0 Å². The first-order valence-electron chi connectivity index (χ1n) is 9.40. The lowest BCUT2D eigenvalue weighted by Gasteiger charge is -2.16. The summed E-state index contributed by atoms with van der Waals surface area (Å²) in [4.78, 5) is 24.6. The largest absolute Gasteiger partial charge is 0.352 e. The minimum Gasteiger partial charge on any atom is -0.352 e. The van der Waals surface area contributed by atoms with Gasteiger partial charge in [-0.15, -0.1) is 0 Å². The molecule has 2 amide bonds. The maximum absolute atomic E-state index is 12.5. The summed E-state index contributed by atoms with van der Waals surface area (Å²) in [5, 5.41) is 6.05. The number of hydrogen-bond donors (Lipinski definition) is 2. The van der Waals surface area contributed by atoms with Crippen LogP contribution in [0.2, 0.25) is 0 Å². The van der Waals surface area contributed by atoms with E-state index in [4.69, 9.17) is 0 Å². The van der Waals surface area contributed by atoms with Crippen LogP contribution in [0.3, 0.4) is 0 Å². The highest BCUT2D eigenvalue weighted by Gasteiger charge is 2.16. The Kier molecular flexibility index (Phi) is 7.80. The summed E-state index contributed by atoms with van der Waals surface area (Å²) < 4.78 is 0. The molecular weight excluding hydrogens is 300 g/mol. The lowest BCUT2D eigenvalue weighted by molar-refractivity contribution is 0.0933. The maximum Gasteiger partial charge on any atom is 0.251 e. The van der Waals surface area contributed by atoms with Gasteiger partial charge in [-0.2, -0.15) is 0 Å². The second kappa shape index (κ2) is 10.1. The highest BCUT2D eigenvalue weighted by atomic mass is 16.2. The fraction of sp³-hybridized carbons (Fsp3) is 0.600. The summed E-state index contributed by atoms with van der Waals surface area (Å²) in [5.74, 6) is -0.169. The third-order valence-electron chi connectivity index (χ3n) is 4.64. The average Bonchev–Trinajstić information content (AvgIpc) is 2.87. The van der Waals surface area contributed by atoms with Crippen LogP contribution in [0.4, 0.5) is 0 Å². The van der Waals surface area contributed by atoms with Crippen molar-refractivity contribution >= 4 is 11.8 Å². The topological polar surface area (TPSA) is 58.2 Å². The molecule has 0 spiro atoms. The zero-order valence-corrected chi connectivity index (χ0v) is 14.8. The van der Waals surface area contributed by atoms with Gasteiger partial charge in [-0.05, 0) is 37.5 Å². The molecule has 0 heterocycles. The first-order valence-corrected chi connectivity index (χ1v) is 9.40. The molecule has 0 saturated heterocycles. The van der Waals surface area contributed by atoms with Gasteiger partial charge in [-0.25, -0.2) is 0 Å². The van der Waals surface area contributed by atoms with Crippen molar-refractivity contribution in [1.82, 2.24) is 10.6 Å². The Hall–Kier alpha value is -1.84. The van der Waals surface area contributed by atoms with Crippen LogP contribution >= 0.6 is 0 Å². The number of rotatable bonds is 7. The van der Waals surface area contributed by atoms with Crippen molar-refractivity contribution in [1.29, 1.82) is 0 Å². The molecule has 0 radical (unpaired) electrons. The maximum atomic E-state index is 12.5. The van der Waals surface area contributed by atoms with Crippen molar-refractivity contribution < 1.29 is 9.59 Å². The quantitative estimate of drug-likeness (QED) is 0.585. The molecule has 24 heavy (non-hydrogen) atoms. The minimum atomic E-state index is -0.102. The zero-order chi connectivity index (χ0) is 17.2. The van der Waals surface area contributed by atoms with Gasteiger partial charge < -0.3 is 10.6 Å². The predicted octanol–water partition coefficient (Wildman–Crippen LogP) is 4.06. The second-order valence-electron chi connectivity index (χ2n) is 6.71. The highest BCUT2D eigenvalue weighted by Crippen LogP contribution is 2.17. The summed E-state index contributed by atoms with van der Waals surface area (Å²) in [5.41, 5.74) is 1.13. The standard InChI is InChI=1S/C20H30N2O2/c1-2-3-8-14-21-19(23)16-10-9-11-17(15-16)20(24)22-18-12-6-4-5-7-13-18/h9-11,15,18H,2-8,12-14H2,1H3,(H,21,23)(H,22,24). The van der Waals surface area contributed by atoms with E-state index in [-0.39, 0.29) is 17.9 Å². The van der Waals surface area contributed by atoms with Gasteiger partial charge in [-0.3, -0.25) is 9.59 Å². The van der Waals surface area contributed by atoms with Gasteiger partial charge >= 0.3 is 0 Å². The molecule has 0 bridgehead atoms. The van der Waals surface area contributed by atoms with Crippen LogP contribution in [-0.2, 0) is 0 Å². The molecule has 1 saturated carbocycles. The Morgan fingerprint density at radius 2 is 1.67 bits per heavy atom. The van der Waals surface area contributed by atoms with Crippen LogP contribution in [0, 0.1) is 0 Å². The molecule has 1 fully saturated rings. The van der Waals surface area contributed by atoms with Crippen LogP contribution < -0.4 is 10.6 Å². The Morgan fingerprint density at radius 1 is 1.00 bits per heavy atom. The summed E-state index contributed by atoms with van der Waals surface area (Å²) >= 11 is 0. The van der Waals surface area contributed by atoms with Crippen molar-refractivity contribution in [3.8, 4) is 0 Å². The van der Waals surface area contributed by atoms with E-state index in [2.05, 4.69) is 17.6 Å². The lowest BCUT2D eigenvalue weighted by Crippen LogP contribution is -2.34. The van der Waals surface area contributed by atoms with Crippen LogP contribution in [-0.4, -0.2) is 24.4 Å². The molecule has 0 unspecified atom stereocenters. The van der Waals surface area contributed by atoms with Gasteiger partial charge in [0.2, 0.25) is 0 Å². The van der Waals surface area contributed by atoms with Crippen molar-refractivity contribution in [2.75, 3.05) is 6.54 Å². The molecule has 1 aromatic rings. The Bertz CT molecular complexity index is 534. The minimum absolute atomic E-state index is 0.0671. The van der Waals surface area contributed by atoms with Crippen LogP contribution in [0.25, 0.3) is 0 Å². The average molecular weight is 330 g/mol. The fourth-order valence-corrected chi connectivity index (χ4v) is 3.17. The van der Waals surface area contributed by atoms with Gasteiger partial charge in [0, 0.05) is 23.7 Å². The van der Waals surface area contributed by atoms with Crippen LogP contribution in [0.15, 0.2) is 24.3 Å². The van der Waals surface area contributed by atoms with Gasteiger partial charge in [0.1, 0.15) is 0 Å².